The van der Waals surface area contributed by atoms with Crippen molar-refractivity contribution in [2.75, 3.05) is 11.9 Å². The van der Waals surface area contributed by atoms with Gasteiger partial charge in [-0.05, 0) is 25.0 Å². The zero-order valence-corrected chi connectivity index (χ0v) is 8.32. The van der Waals surface area contributed by atoms with E-state index in [0.717, 1.165) is 6.42 Å². The van der Waals surface area contributed by atoms with Gasteiger partial charge in [-0.1, -0.05) is 18.2 Å². The molecule has 2 rings (SSSR count). The molecule has 1 aliphatic rings. The summed E-state index contributed by atoms with van der Waals surface area (Å²) < 4.78 is 13.2. The molecule has 1 atom stereocenters. The SMILES string of the molecule is O=C(Nc1ccccc1)N1CCCC1F. The minimum atomic E-state index is -1.13. The van der Waals surface area contributed by atoms with Gasteiger partial charge in [0.15, 0.2) is 6.30 Å². The summed E-state index contributed by atoms with van der Waals surface area (Å²) in [6, 6.07) is 8.72. The van der Waals surface area contributed by atoms with Crippen LogP contribution < -0.4 is 5.32 Å². The largest absolute Gasteiger partial charge is 0.324 e. The van der Waals surface area contributed by atoms with E-state index in [0.29, 0.717) is 18.7 Å². The number of para-hydroxylation sites is 1. The van der Waals surface area contributed by atoms with Crippen LogP contribution in [0.5, 0.6) is 0 Å². The molecule has 0 aliphatic carbocycles. The maximum atomic E-state index is 13.2. The molecule has 1 saturated heterocycles. The molecule has 1 fully saturated rings. The number of nitrogens with zero attached hydrogens (tertiary/aromatic N) is 1. The van der Waals surface area contributed by atoms with Crippen molar-refractivity contribution in [1.29, 1.82) is 0 Å². The molecule has 1 N–H and O–H groups in total. The van der Waals surface area contributed by atoms with Crippen molar-refractivity contribution in [1.82, 2.24) is 4.90 Å². The summed E-state index contributed by atoms with van der Waals surface area (Å²) in [7, 11) is 0. The van der Waals surface area contributed by atoms with Crippen LogP contribution in [0.4, 0.5) is 14.9 Å². The lowest BCUT2D eigenvalue weighted by Gasteiger charge is -2.19. The fourth-order valence-corrected chi connectivity index (χ4v) is 1.67. The van der Waals surface area contributed by atoms with Gasteiger partial charge in [0.1, 0.15) is 0 Å². The zero-order chi connectivity index (χ0) is 10.7. The highest BCUT2D eigenvalue weighted by Crippen LogP contribution is 2.19. The Morgan fingerprint density at radius 1 is 1.40 bits per heavy atom. The van der Waals surface area contributed by atoms with E-state index in [4.69, 9.17) is 0 Å². The van der Waals surface area contributed by atoms with Crippen molar-refractivity contribution in [3.8, 4) is 0 Å². The summed E-state index contributed by atoms with van der Waals surface area (Å²) in [6.45, 7) is 0.500. The van der Waals surface area contributed by atoms with E-state index in [2.05, 4.69) is 5.32 Å². The lowest BCUT2D eigenvalue weighted by atomic mass is 10.3. The molecule has 1 aliphatic heterocycles. The number of nitrogens with one attached hydrogen (secondary N) is 1. The van der Waals surface area contributed by atoms with Crippen molar-refractivity contribution >= 4 is 11.7 Å². The van der Waals surface area contributed by atoms with E-state index in [1.54, 1.807) is 12.1 Å². The van der Waals surface area contributed by atoms with Gasteiger partial charge in [-0.3, -0.25) is 4.90 Å². The number of alkyl halides is 1. The Morgan fingerprint density at radius 2 is 2.13 bits per heavy atom. The number of anilines is 1. The Balaban J connectivity index is 1.98. The number of hydrogen-bond acceptors (Lipinski definition) is 1. The van der Waals surface area contributed by atoms with E-state index in [1.165, 1.54) is 4.90 Å². The van der Waals surface area contributed by atoms with Gasteiger partial charge in [0, 0.05) is 12.2 Å². The number of carbonyl (C=O) groups excluding carboxylic acids is 1. The van der Waals surface area contributed by atoms with Crippen molar-refractivity contribution in [3.63, 3.8) is 0 Å². The summed E-state index contributed by atoms with van der Waals surface area (Å²) in [4.78, 5) is 12.8. The van der Waals surface area contributed by atoms with E-state index >= 15 is 0 Å². The summed E-state index contributed by atoms with van der Waals surface area (Å²) in [5.41, 5.74) is 0.696. The molecule has 0 aromatic heterocycles. The van der Waals surface area contributed by atoms with Gasteiger partial charge >= 0.3 is 6.03 Å². The van der Waals surface area contributed by atoms with Crippen molar-refractivity contribution < 1.29 is 9.18 Å². The summed E-state index contributed by atoms with van der Waals surface area (Å²) in [5.74, 6) is 0. The molecule has 1 unspecified atom stereocenters. The van der Waals surface area contributed by atoms with E-state index in [1.807, 2.05) is 18.2 Å². The smallest absolute Gasteiger partial charge is 0.308 e. The molecule has 0 saturated carbocycles. The molecule has 0 radical (unpaired) electrons. The molecule has 80 valence electrons. The predicted octanol–water partition coefficient (Wildman–Crippen LogP) is 2.61. The Hall–Kier alpha value is -1.58. The Kier molecular flexibility index (Phi) is 2.85. The molecule has 1 heterocycles. The third-order valence-corrected chi connectivity index (χ3v) is 2.47. The van der Waals surface area contributed by atoms with Gasteiger partial charge in [-0.15, -0.1) is 0 Å². The highest BCUT2D eigenvalue weighted by Gasteiger charge is 2.28. The molecule has 1 aromatic rings. The lowest BCUT2D eigenvalue weighted by molar-refractivity contribution is 0.148. The molecule has 15 heavy (non-hydrogen) atoms. The van der Waals surface area contributed by atoms with Crippen LogP contribution in [0, 0.1) is 0 Å². The molecule has 1 aromatic carbocycles. The Labute approximate surface area is 87.9 Å². The monoisotopic (exact) mass is 208 g/mol. The molecule has 3 nitrogen and oxygen atoms in total. The van der Waals surface area contributed by atoms with Gasteiger partial charge in [-0.25, -0.2) is 9.18 Å². The standard InChI is InChI=1S/C11H13FN2O/c12-10-7-4-8-14(10)11(15)13-9-5-2-1-3-6-9/h1-3,5-6,10H,4,7-8H2,(H,13,15). The Bertz CT molecular complexity index is 342. The Morgan fingerprint density at radius 3 is 2.73 bits per heavy atom. The predicted molar refractivity (Wildman–Crippen MR) is 56.3 cm³/mol. The third kappa shape index (κ3) is 2.26. The minimum absolute atomic E-state index is 0.355. The second-order valence-corrected chi connectivity index (χ2v) is 3.57. The van der Waals surface area contributed by atoms with Crippen LogP contribution in [0.15, 0.2) is 30.3 Å². The number of hydrogen-bond donors (Lipinski definition) is 1. The first-order valence-electron chi connectivity index (χ1n) is 5.04. The molecule has 0 spiro atoms. The number of rotatable bonds is 1. The molecule has 2 amide bonds. The summed E-state index contributed by atoms with van der Waals surface area (Å²) >= 11 is 0. The summed E-state index contributed by atoms with van der Waals surface area (Å²) in [6.07, 6.45) is 0.0553. The average Bonchev–Trinajstić information content (AvgIpc) is 2.66. The zero-order valence-electron chi connectivity index (χ0n) is 8.32. The van der Waals surface area contributed by atoms with Gasteiger partial charge in [0.2, 0.25) is 0 Å². The van der Waals surface area contributed by atoms with E-state index in [-0.39, 0.29) is 6.03 Å². The van der Waals surface area contributed by atoms with Gasteiger partial charge in [-0.2, -0.15) is 0 Å². The van der Waals surface area contributed by atoms with Crippen LogP contribution in [0.2, 0.25) is 0 Å². The number of carbonyl (C=O) groups is 1. The van der Waals surface area contributed by atoms with Crippen LogP contribution in [-0.2, 0) is 0 Å². The molecular weight excluding hydrogens is 195 g/mol. The molecule has 0 bridgehead atoms. The molecular formula is C11H13FN2O. The number of urea groups is 1. The fraction of sp³-hybridized carbons (Fsp3) is 0.364. The first-order valence-corrected chi connectivity index (χ1v) is 5.04. The lowest BCUT2D eigenvalue weighted by Crippen LogP contribution is -2.36. The third-order valence-electron chi connectivity index (χ3n) is 2.47. The first-order chi connectivity index (χ1) is 7.27. The second-order valence-electron chi connectivity index (χ2n) is 3.57. The molecule has 4 heteroatoms. The maximum Gasteiger partial charge on any atom is 0.324 e. The van der Waals surface area contributed by atoms with Gasteiger partial charge in [0.05, 0.1) is 0 Å². The van der Waals surface area contributed by atoms with Crippen LogP contribution in [0.25, 0.3) is 0 Å². The number of halogens is 1. The first kappa shape index (κ1) is 9.96. The highest BCUT2D eigenvalue weighted by molar-refractivity contribution is 5.89. The quantitative estimate of drug-likeness (QED) is 0.707. The number of amides is 2. The van der Waals surface area contributed by atoms with Crippen LogP contribution in [0.1, 0.15) is 12.8 Å². The van der Waals surface area contributed by atoms with E-state index in [9.17, 15) is 9.18 Å². The van der Waals surface area contributed by atoms with Crippen LogP contribution in [0.3, 0.4) is 0 Å². The van der Waals surface area contributed by atoms with Crippen molar-refractivity contribution in [2.45, 2.75) is 19.1 Å². The average molecular weight is 208 g/mol. The van der Waals surface area contributed by atoms with Gasteiger partial charge in [0.25, 0.3) is 0 Å². The normalized spacial score (nSPS) is 20.3. The number of likely N-dealkylation sites (tertiary alicyclic amines) is 1. The fourth-order valence-electron chi connectivity index (χ4n) is 1.67. The van der Waals surface area contributed by atoms with Crippen molar-refractivity contribution in [3.05, 3.63) is 30.3 Å². The van der Waals surface area contributed by atoms with Crippen LogP contribution in [-0.4, -0.2) is 23.8 Å². The number of benzene rings is 1. The maximum absolute atomic E-state index is 13.2. The minimum Gasteiger partial charge on any atom is -0.308 e. The topological polar surface area (TPSA) is 32.3 Å². The van der Waals surface area contributed by atoms with E-state index < -0.39 is 6.30 Å². The van der Waals surface area contributed by atoms with Crippen molar-refractivity contribution in [2.24, 2.45) is 0 Å². The summed E-state index contributed by atoms with van der Waals surface area (Å²) in [5, 5.41) is 2.66. The van der Waals surface area contributed by atoms with Crippen LogP contribution >= 0.6 is 0 Å². The van der Waals surface area contributed by atoms with Gasteiger partial charge < -0.3 is 5.32 Å². The second kappa shape index (κ2) is 4.29. The highest BCUT2D eigenvalue weighted by atomic mass is 19.1.